The molecular weight excluding hydrogens is 470 g/mol. The quantitative estimate of drug-likeness (QED) is 0.370. The summed E-state index contributed by atoms with van der Waals surface area (Å²) in [4.78, 5) is 24.0. The number of aryl methyl sites for hydroxylation is 1. The SMILES string of the molecule is CCc1ccc(S(=O)(=O)N[C@@H]2c3cc(C(=O)NCCc4cnc[nH]4)cnc3OC(C)(C)[C@H]2O)cc1.[HH]. The number of carbonyl (C=O) groups is 1. The summed E-state index contributed by atoms with van der Waals surface area (Å²) in [5.41, 5.74) is 1.28. The molecule has 4 rings (SSSR count). The number of benzene rings is 1. The summed E-state index contributed by atoms with van der Waals surface area (Å²) < 4.78 is 34.8. The molecule has 0 unspecified atom stereocenters. The molecule has 2 aromatic heterocycles. The minimum absolute atomic E-state index is 0. The number of amides is 1. The van der Waals surface area contributed by atoms with E-state index < -0.39 is 27.8 Å². The Hall–Kier alpha value is -3.28. The zero-order valence-electron chi connectivity index (χ0n) is 19.8. The first kappa shape index (κ1) is 24.8. The molecule has 188 valence electrons. The summed E-state index contributed by atoms with van der Waals surface area (Å²) in [5.74, 6) is -0.223. The molecule has 0 aliphatic carbocycles. The van der Waals surface area contributed by atoms with Crippen molar-refractivity contribution in [3.05, 3.63) is 71.4 Å². The highest BCUT2D eigenvalue weighted by molar-refractivity contribution is 7.89. The molecule has 0 saturated heterocycles. The minimum atomic E-state index is -3.99. The van der Waals surface area contributed by atoms with Crippen molar-refractivity contribution < 1.29 is 24.5 Å². The number of aromatic amines is 1. The summed E-state index contributed by atoms with van der Waals surface area (Å²) in [6, 6.07) is 6.98. The second-order valence-corrected chi connectivity index (χ2v) is 10.7. The van der Waals surface area contributed by atoms with E-state index in [4.69, 9.17) is 4.74 Å². The molecule has 1 aliphatic heterocycles. The van der Waals surface area contributed by atoms with E-state index in [0.29, 0.717) is 13.0 Å². The molecule has 35 heavy (non-hydrogen) atoms. The summed E-state index contributed by atoms with van der Waals surface area (Å²) in [6.45, 7) is 5.65. The van der Waals surface area contributed by atoms with Gasteiger partial charge in [0.25, 0.3) is 5.91 Å². The van der Waals surface area contributed by atoms with Crippen LogP contribution >= 0.6 is 0 Å². The van der Waals surface area contributed by atoms with Crippen LogP contribution in [0.1, 0.15) is 55.4 Å². The number of hydrogen-bond acceptors (Lipinski definition) is 7. The fourth-order valence-corrected chi connectivity index (χ4v) is 5.10. The van der Waals surface area contributed by atoms with Gasteiger partial charge >= 0.3 is 0 Å². The molecular formula is C24H31N5O5S. The Bertz CT molecular complexity index is 1300. The van der Waals surface area contributed by atoms with Gasteiger partial charge in [-0.25, -0.2) is 23.1 Å². The number of pyridine rings is 1. The van der Waals surface area contributed by atoms with Crippen molar-refractivity contribution in [2.75, 3.05) is 6.54 Å². The lowest BCUT2D eigenvalue weighted by Crippen LogP contribution is -2.53. The Morgan fingerprint density at radius 1 is 1.26 bits per heavy atom. The third-order valence-corrected chi connectivity index (χ3v) is 7.48. The van der Waals surface area contributed by atoms with E-state index >= 15 is 0 Å². The van der Waals surface area contributed by atoms with E-state index in [0.717, 1.165) is 17.7 Å². The Balaban J connectivity index is 0.00000361. The van der Waals surface area contributed by atoms with Crippen molar-refractivity contribution in [1.82, 2.24) is 25.0 Å². The van der Waals surface area contributed by atoms with Crippen LogP contribution in [0.3, 0.4) is 0 Å². The van der Waals surface area contributed by atoms with Crippen LogP contribution in [-0.2, 0) is 22.9 Å². The molecule has 0 radical (unpaired) electrons. The maximum absolute atomic E-state index is 13.2. The molecule has 4 N–H and O–H groups in total. The summed E-state index contributed by atoms with van der Waals surface area (Å²) in [6.07, 6.45) is 4.73. The van der Waals surface area contributed by atoms with Gasteiger partial charge in [-0.2, -0.15) is 0 Å². The van der Waals surface area contributed by atoms with Gasteiger partial charge in [-0.05, 0) is 44.0 Å². The van der Waals surface area contributed by atoms with Crippen LogP contribution in [-0.4, -0.2) is 52.6 Å². The first-order chi connectivity index (χ1) is 16.6. The Morgan fingerprint density at radius 2 is 2.00 bits per heavy atom. The smallest absolute Gasteiger partial charge is 0.252 e. The Labute approximate surface area is 205 Å². The lowest BCUT2D eigenvalue weighted by Gasteiger charge is -2.41. The number of aliphatic hydroxyl groups excluding tert-OH is 1. The van der Waals surface area contributed by atoms with Crippen LogP contribution in [0.25, 0.3) is 0 Å². The predicted octanol–water partition coefficient (Wildman–Crippen LogP) is 2.14. The maximum Gasteiger partial charge on any atom is 0.252 e. The maximum atomic E-state index is 13.2. The van der Waals surface area contributed by atoms with Crippen molar-refractivity contribution in [1.29, 1.82) is 0 Å². The summed E-state index contributed by atoms with van der Waals surface area (Å²) in [5, 5.41) is 13.8. The molecule has 2 atom stereocenters. The van der Waals surface area contributed by atoms with Crippen molar-refractivity contribution >= 4 is 15.9 Å². The van der Waals surface area contributed by atoms with E-state index in [-0.39, 0.29) is 29.2 Å². The Kier molecular flexibility index (Phi) is 6.93. The second kappa shape index (κ2) is 9.76. The molecule has 1 amide bonds. The number of carbonyl (C=O) groups excluding carboxylic acids is 1. The zero-order chi connectivity index (χ0) is 25.2. The van der Waals surface area contributed by atoms with E-state index in [1.54, 1.807) is 38.5 Å². The number of aromatic nitrogens is 3. The number of rotatable bonds is 8. The number of nitrogens with one attached hydrogen (secondary N) is 3. The van der Waals surface area contributed by atoms with Crippen molar-refractivity contribution in [2.45, 2.75) is 56.3 Å². The highest BCUT2D eigenvalue weighted by Gasteiger charge is 2.45. The van der Waals surface area contributed by atoms with Gasteiger partial charge in [0, 0.05) is 38.0 Å². The summed E-state index contributed by atoms with van der Waals surface area (Å²) in [7, 11) is -3.99. The van der Waals surface area contributed by atoms with Crippen LogP contribution < -0.4 is 14.8 Å². The first-order valence-corrected chi connectivity index (χ1v) is 12.8. The van der Waals surface area contributed by atoms with Crippen LogP contribution in [0.4, 0.5) is 0 Å². The molecule has 1 aliphatic rings. The van der Waals surface area contributed by atoms with Crippen LogP contribution in [0, 0.1) is 0 Å². The minimum Gasteiger partial charge on any atom is -0.469 e. The fraction of sp³-hybridized carbons (Fsp3) is 0.375. The van der Waals surface area contributed by atoms with Crippen molar-refractivity contribution in [3.63, 3.8) is 0 Å². The highest BCUT2D eigenvalue weighted by atomic mass is 32.2. The third kappa shape index (κ3) is 5.37. The topological polar surface area (TPSA) is 146 Å². The molecule has 3 heterocycles. The standard InChI is InChI=1S/C24H29N5O5S.H2/c1-4-15-5-7-18(8-6-15)35(32,33)29-20-19-11-16(12-27-23(19)34-24(2,3)21(20)30)22(31)26-10-9-17-13-25-14-28-17;/h5-8,11-14,20-21,29-30H,4,9-10H2,1-3H3,(H,25,28)(H,26,31);1H/t20-,21+;/m1./s1. The van der Waals surface area contributed by atoms with Crippen LogP contribution in [0.5, 0.6) is 5.88 Å². The summed E-state index contributed by atoms with van der Waals surface area (Å²) >= 11 is 0. The average molecular weight is 502 g/mol. The van der Waals surface area contributed by atoms with E-state index in [2.05, 4.69) is 25.0 Å². The third-order valence-electron chi connectivity index (χ3n) is 6.02. The monoisotopic (exact) mass is 501 g/mol. The molecule has 0 bridgehead atoms. The number of hydrogen-bond donors (Lipinski definition) is 4. The van der Waals surface area contributed by atoms with E-state index in [9.17, 15) is 18.3 Å². The first-order valence-electron chi connectivity index (χ1n) is 11.3. The predicted molar refractivity (Wildman–Crippen MR) is 131 cm³/mol. The van der Waals surface area contributed by atoms with Gasteiger partial charge in [0.2, 0.25) is 15.9 Å². The van der Waals surface area contributed by atoms with Crippen molar-refractivity contribution in [3.8, 4) is 5.88 Å². The second-order valence-electron chi connectivity index (χ2n) is 8.95. The number of fused-ring (bicyclic) bond motifs is 1. The van der Waals surface area contributed by atoms with Crippen LogP contribution in [0.15, 0.2) is 53.9 Å². The molecule has 3 aromatic rings. The number of nitrogens with zero attached hydrogens (tertiary/aromatic N) is 2. The molecule has 0 spiro atoms. The lowest BCUT2D eigenvalue weighted by molar-refractivity contribution is -0.0632. The molecule has 0 saturated carbocycles. The lowest BCUT2D eigenvalue weighted by atomic mass is 9.88. The fourth-order valence-electron chi connectivity index (χ4n) is 3.88. The Morgan fingerprint density at radius 3 is 2.66 bits per heavy atom. The number of sulfonamides is 1. The number of aliphatic hydroxyl groups is 1. The molecule has 1 aromatic carbocycles. The van der Waals surface area contributed by atoms with Gasteiger partial charge in [-0.1, -0.05) is 19.1 Å². The van der Waals surface area contributed by atoms with Gasteiger partial charge in [-0.3, -0.25) is 4.79 Å². The van der Waals surface area contributed by atoms with Gasteiger partial charge < -0.3 is 20.1 Å². The largest absolute Gasteiger partial charge is 0.469 e. The van der Waals surface area contributed by atoms with Gasteiger partial charge in [0.05, 0.1) is 22.8 Å². The number of imidazole rings is 1. The number of ether oxygens (including phenoxy) is 1. The van der Waals surface area contributed by atoms with Gasteiger partial charge in [0.1, 0.15) is 11.7 Å². The normalized spacial score (nSPS) is 19.0. The zero-order valence-corrected chi connectivity index (χ0v) is 20.6. The number of H-pyrrole nitrogens is 1. The van der Waals surface area contributed by atoms with Gasteiger partial charge in [0.15, 0.2) is 0 Å². The van der Waals surface area contributed by atoms with E-state index in [1.165, 1.54) is 24.4 Å². The molecule has 10 nitrogen and oxygen atoms in total. The molecule has 11 heteroatoms. The average Bonchev–Trinajstić information content (AvgIpc) is 3.35. The van der Waals surface area contributed by atoms with Crippen LogP contribution in [0.2, 0.25) is 0 Å². The molecule has 0 fully saturated rings. The van der Waals surface area contributed by atoms with Gasteiger partial charge in [-0.15, -0.1) is 0 Å². The van der Waals surface area contributed by atoms with Crippen molar-refractivity contribution in [2.24, 2.45) is 0 Å². The van der Waals surface area contributed by atoms with E-state index in [1.807, 2.05) is 6.92 Å². The highest BCUT2D eigenvalue weighted by Crippen LogP contribution is 2.39.